The van der Waals surface area contributed by atoms with Gasteiger partial charge in [-0.3, -0.25) is 0 Å². The first-order valence-corrected chi connectivity index (χ1v) is 10.5. The number of ether oxygens (including phenoxy) is 2. The second kappa shape index (κ2) is 8.55. The summed E-state index contributed by atoms with van der Waals surface area (Å²) in [4.78, 5) is 0. The summed E-state index contributed by atoms with van der Waals surface area (Å²) in [5, 5.41) is 41.2. The Morgan fingerprint density at radius 3 is 2.37 bits per heavy atom. The van der Waals surface area contributed by atoms with Crippen molar-refractivity contribution in [3.05, 3.63) is 69.7 Å². The van der Waals surface area contributed by atoms with Gasteiger partial charge >= 0.3 is 0 Å². The van der Waals surface area contributed by atoms with Gasteiger partial charge in [0.15, 0.2) is 0 Å². The van der Waals surface area contributed by atoms with Crippen molar-refractivity contribution < 1.29 is 29.9 Å². The summed E-state index contributed by atoms with van der Waals surface area (Å²) in [6, 6.07) is 13.6. The fourth-order valence-corrected chi connectivity index (χ4v) is 4.32. The molecule has 1 heterocycles. The Balaban J connectivity index is 1.65. The third-order valence-corrected chi connectivity index (χ3v) is 6.49. The molecular formula is C23H27ClO6. The van der Waals surface area contributed by atoms with Gasteiger partial charge in [0.25, 0.3) is 0 Å². The van der Waals surface area contributed by atoms with Gasteiger partial charge in [0, 0.05) is 17.7 Å². The highest BCUT2D eigenvalue weighted by atomic mass is 35.5. The van der Waals surface area contributed by atoms with Crippen LogP contribution in [0.25, 0.3) is 0 Å². The number of methoxy groups -OCH3 is 1. The predicted octanol–water partition coefficient (Wildman–Crippen LogP) is 2.08. The minimum absolute atomic E-state index is 0.441. The lowest BCUT2D eigenvalue weighted by Crippen LogP contribution is -2.64. The first-order chi connectivity index (χ1) is 14.4. The topological polar surface area (TPSA) is 99.4 Å². The maximum atomic E-state index is 10.7. The maximum Gasteiger partial charge on any atom is 0.224 e. The second-order valence-electron chi connectivity index (χ2n) is 8.14. The summed E-state index contributed by atoms with van der Waals surface area (Å²) in [5.41, 5.74) is 3.70. The number of aliphatic hydroxyl groups excluding tert-OH is 4. The van der Waals surface area contributed by atoms with E-state index >= 15 is 0 Å². The van der Waals surface area contributed by atoms with Crippen molar-refractivity contribution in [3.63, 3.8) is 0 Å². The molecule has 5 atom stereocenters. The van der Waals surface area contributed by atoms with E-state index < -0.39 is 36.8 Å². The molecule has 7 heteroatoms. The van der Waals surface area contributed by atoms with E-state index in [1.807, 2.05) is 0 Å². The molecule has 1 saturated carbocycles. The zero-order chi connectivity index (χ0) is 21.5. The molecule has 0 spiro atoms. The number of aliphatic hydroxyl groups is 4. The van der Waals surface area contributed by atoms with E-state index in [1.54, 1.807) is 18.2 Å². The first kappa shape index (κ1) is 21.7. The zero-order valence-corrected chi connectivity index (χ0v) is 17.5. The van der Waals surface area contributed by atoms with Crippen LogP contribution >= 0.6 is 11.6 Å². The SMILES string of the molecule is COC1(c2ccc(Cl)c(Cc3ccc(C4CC4)cc3)c2)O[C@H](CO)[C@@H](O)[C@H](O)[C@H]1O. The smallest absolute Gasteiger partial charge is 0.224 e. The Bertz CT molecular complexity index is 882. The molecule has 30 heavy (non-hydrogen) atoms. The highest BCUT2D eigenvalue weighted by molar-refractivity contribution is 6.31. The average molecular weight is 435 g/mol. The van der Waals surface area contributed by atoms with E-state index in [0.717, 1.165) is 11.1 Å². The Hall–Kier alpha value is -1.51. The number of hydrogen-bond donors (Lipinski definition) is 4. The fourth-order valence-electron chi connectivity index (χ4n) is 4.14. The third kappa shape index (κ3) is 3.89. The Kier molecular flexibility index (Phi) is 6.19. The van der Waals surface area contributed by atoms with E-state index in [-0.39, 0.29) is 0 Å². The van der Waals surface area contributed by atoms with Crippen molar-refractivity contribution in [1.29, 1.82) is 0 Å². The van der Waals surface area contributed by atoms with E-state index in [2.05, 4.69) is 24.3 Å². The number of rotatable bonds is 6. The van der Waals surface area contributed by atoms with Crippen LogP contribution in [0.4, 0.5) is 0 Å². The Morgan fingerprint density at radius 1 is 1.07 bits per heavy atom. The van der Waals surface area contributed by atoms with E-state index in [0.29, 0.717) is 22.9 Å². The van der Waals surface area contributed by atoms with Crippen LogP contribution in [0.3, 0.4) is 0 Å². The number of halogens is 1. The Labute approximate surface area is 180 Å². The van der Waals surface area contributed by atoms with Crippen molar-refractivity contribution >= 4 is 11.6 Å². The average Bonchev–Trinajstić information content (AvgIpc) is 3.60. The van der Waals surface area contributed by atoms with Crippen molar-refractivity contribution in [2.45, 2.75) is 55.4 Å². The predicted molar refractivity (Wildman–Crippen MR) is 111 cm³/mol. The molecule has 0 bridgehead atoms. The van der Waals surface area contributed by atoms with Gasteiger partial charge in [-0.1, -0.05) is 41.9 Å². The molecule has 2 fully saturated rings. The molecule has 0 amide bonds. The molecule has 6 nitrogen and oxygen atoms in total. The van der Waals surface area contributed by atoms with Crippen LogP contribution in [0, 0.1) is 0 Å². The largest absolute Gasteiger partial charge is 0.394 e. The third-order valence-electron chi connectivity index (χ3n) is 6.12. The molecule has 4 N–H and O–H groups in total. The lowest BCUT2D eigenvalue weighted by Gasteiger charge is -2.47. The van der Waals surface area contributed by atoms with Crippen molar-refractivity contribution in [2.24, 2.45) is 0 Å². The fraction of sp³-hybridized carbons (Fsp3) is 0.478. The van der Waals surface area contributed by atoms with Crippen LogP contribution in [0.2, 0.25) is 5.02 Å². The second-order valence-corrected chi connectivity index (χ2v) is 8.54. The molecular weight excluding hydrogens is 408 g/mol. The molecule has 0 radical (unpaired) electrons. The normalized spacial score (nSPS) is 31.7. The summed E-state index contributed by atoms with van der Waals surface area (Å²) in [5.74, 6) is -1.06. The lowest BCUT2D eigenvalue weighted by molar-refractivity contribution is -0.366. The van der Waals surface area contributed by atoms with Gasteiger partial charge in [-0.2, -0.15) is 0 Å². The van der Waals surface area contributed by atoms with Gasteiger partial charge in [0.05, 0.1) is 6.61 Å². The van der Waals surface area contributed by atoms with Crippen LogP contribution in [0.5, 0.6) is 0 Å². The first-order valence-electron chi connectivity index (χ1n) is 10.2. The summed E-state index contributed by atoms with van der Waals surface area (Å²) < 4.78 is 11.3. The van der Waals surface area contributed by atoms with Gasteiger partial charge in [-0.05, 0) is 54.0 Å². The molecule has 2 aromatic carbocycles. The van der Waals surface area contributed by atoms with Crippen molar-refractivity contribution in [1.82, 2.24) is 0 Å². The quantitative estimate of drug-likeness (QED) is 0.555. The monoisotopic (exact) mass is 434 g/mol. The minimum atomic E-state index is -1.75. The van der Waals surface area contributed by atoms with Crippen molar-refractivity contribution in [3.8, 4) is 0 Å². The maximum absolute atomic E-state index is 10.7. The summed E-state index contributed by atoms with van der Waals surface area (Å²) >= 11 is 6.44. The molecule has 162 valence electrons. The van der Waals surface area contributed by atoms with Gasteiger partial charge in [0.2, 0.25) is 5.79 Å². The van der Waals surface area contributed by atoms with Gasteiger partial charge in [0.1, 0.15) is 24.4 Å². The number of hydrogen-bond acceptors (Lipinski definition) is 6. The molecule has 0 aromatic heterocycles. The van der Waals surface area contributed by atoms with Gasteiger partial charge in [-0.15, -0.1) is 0 Å². The highest BCUT2D eigenvalue weighted by Gasteiger charge is 2.55. The molecule has 2 aromatic rings. The Morgan fingerprint density at radius 2 is 1.77 bits per heavy atom. The van der Waals surface area contributed by atoms with Crippen LogP contribution in [-0.4, -0.2) is 58.6 Å². The standard InChI is InChI=1S/C23H27ClO6/c1-29-23(22(28)21(27)20(26)19(12-25)30-23)17-8-9-18(24)16(11-17)10-13-2-4-14(5-3-13)15-6-7-15/h2-5,8-9,11,15,19-22,25-28H,6-7,10,12H2,1H3/t19-,20-,21+,22-,23?/m1/s1. The van der Waals surface area contributed by atoms with Crippen molar-refractivity contribution in [2.75, 3.05) is 13.7 Å². The summed E-state index contributed by atoms with van der Waals surface area (Å²) in [6.07, 6.45) is -2.59. The van der Waals surface area contributed by atoms with Gasteiger partial charge in [-0.25, -0.2) is 0 Å². The molecule has 1 unspecified atom stereocenters. The van der Waals surface area contributed by atoms with Crippen LogP contribution in [-0.2, 0) is 21.7 Å². The number of benzene rings is 2. The van der Waals surface area contributed by atoms with Crippen LogP contribution in [0.15, 0.2) is 42.5 Å². The summed E-state index contributed by atoms with van der Waals surface area (Å²) in [6.45, 7) is -0.538. The van der Waals surface area contributed by atoms with E-state index in [9.17, 15) is 20.4 Å². The molecule has 1 aliphatic heterocycles. The van der Waals surface area contributed by atoms with Crippen LogP contribution < -0.4 is 0 Å². The molecule has 1 aliphatic carbocycles. The van der Waals surface area contributed by atoms with Gasteiger partial charge < -0.3 is 29.9 Å². The molecule has 4 rings (SSSR count). The lowest BCUT2D eigenvalue weighted by atomic mass is 9.87. The van der Waals surface area contributed by atoms with E-state index in [1.165, 1.54) is 25.5 Å². The molecule has 2 aliphatic rings. The minimum Gasteiger partial charge on any atom is -0.394 e. The summed E-state index contributed by atoms with van der Waals surface area (Å²) in [7, 11) is 1.34. The zero-order valence-electron chi connectivity index (χ0n) is 16.7. The van der Waals surface area contributed by atoms with Crippen LogP contribution in [0.1, 0.15) is 41.0 Å². The highest BCUT2D eigenvalue weighted by Crippen LogP contribution is 2.41. The molecule has 1 saturated heterocycles. The van der Waals surface area contributed by atoms with E-state index in [4.69, 9.17) is 21.1 Å².